The Balaban J connectivity index is 1.83. The van der Waals surface area contributed by atoms with Gasteiger partial charge in [0.05, 0.1) is 6.61 Å². The van der Waals surface area contributed by atoms with Gasteiger partial charge in [-0.3, -0.25) is 9.80 Å². The maximum absolute atomic E-state index is 6.10. The van der Waals surface area contributed by atoms with Crippen molar-refractivity contribution in [3.8, 4) is 0 Å². The molecule has 2 saturated heterocycles. The molecule has 124 valence electrons. The van der Waals surface area contributed by atoms with E-state index in [-0.39, 0.29) is 6.23 Å². The van der Waals surface area contributed by atoms with Gasteiger partial charge in [0.15, 0.2) is 0 Å². The Kier molecular flexibility index (Phi) is 6.44. The molecule has 0 spiro atoms. The third-order valence-corrected chi connectivity index (χ3v) is 4.51. The number of hydrogen-bond donors (Lipinski definition) is 1. The van der Waals surface area contributed by atoms with Crippen LogP contribution < -0.4 is 5.32 Å². The van der Waals surface area contributed by atoms with Gasteiger partial charge in [-0.25, -0.2) is 0 Å². The van der Waals surface area contributed by atoms with Crippen LogP contribution in [0.3, 0.4) is 0 Å². The van der Waals surface area contributed by atoms with Crippen molar-refractivity contribution in [2.24, 2.45) is 0 Å². The van der Waals surface area contributed by atoms with Gasteiger partial charge >= 0.3 is 0 Å². The Morgan fingerprint density at radius 3 is 2.48 bits per heavy atom. The molecule has 0 aromatic carbocycles. The summed E-state index contributed by atoms with van der Waals surface area (Å²) in [5, 5.41) is 3.51. The monoisotopic (exact) mass is 298 g/mol. The lowest BCUT2D eigenvalue weighted by Crippen LogP contribution is -2.65. The predicted octanol–water partition coefficient (Wildman–Crippen LogP) is 0.667. The summed E-state index contributed by atoms with van der Waals surface area (Å²) in [5.74, 6) is 0. The summed E-state index contributed by atoms with van der Waals surface area (Å²) >= 11 is 0. The average molecular weight is 298 g/mol. The van der Waals surface area contributed by atoms with Gasteiger partial charge in [0.1, 0.15) is 6.23 Å². The van der Waals surface area contributed by atoms with Gasteiger partial charge in [0, 0.05) is 57.4 Å². The molecular weight excluding hydrogens is 264 g/mol. The number of likely N-dealkylation sites (N-methyl/N-ethyl adjacent to an activating group) is 1. The van der Waals surface area contributed by atoms with Gasteiger partial charge in [-0.2, -0.15) is 0 Å². The Morgan fingerprint density at radius 2 is 1.90 bits per heavy atom. The summed E-state index contributed by atoms with van der Waals surface area (Å²) < 4.78 is 6.10. The standard InChI is InChI=1S/C16H34N4O/c1-13(2)17-6-7-19-8-9-21-16(12-19)20(14(3)4)15-10-18(5)11-15/h13-17H,6-12H2,1-5H3. The minimum atomic E-state index is 0.261. The zero-order chi connectivity index (χ0) is 15.4. The third kappa shape index (κ3) is 4.89. The van der Waals surface area contributed by atoms with Crippen molar-refractivity contribution in [2.45, 2.75) is 52.0 Å². The molecule has 0 radical (unpaired) electrons. The van der Waals surface area contributed by atoms with Crippen molar-refractivity contribution in [1.29, 1.82) is 0 Å². The molecule has 2 aliphatic rings. The second-order valence-corrected chi connectivity index (χ2v) is 7.15. The molecule has 1 N–H and O–H groups in total. The third-order valence-electron chi connectivity index (χ3n) is 4.51. The van der Waals surface area contributed by atoms with Crippen LogP contribution in [0.4, 0.5) is 0 Å². The van der Waals surface area contributed by atoms with Crippen molar-refractivity contribution in [3.63, 3.8) is 0 Å². The first-order valence-corrected chi connectivity index (χ1v) is 8.50. The summed E-state index contributed by atoms with van der Waals surface area (Å²) in [6.07, 6.45) is 0.261. The number of hydrogen-bond acceptors (Lipinski definition) is 5. The van der Waals surface area contributed by atoms with E-state index in [2.05, 4.69) is 54.8 Å². The average Bonchev–Trinajstić information content (AvgIpc) is 2.36. The van der Waals surface area contributed by atoms with Gasteiger partial charge in [-0.15, -0.1) is 0 Å². The Bertz CT molecular complexity index is 305. The summed E-state index contributed by atoms with van der Waals surface area (Å²) in [7, 11) is 2.20. The number of ether oxygens (including phenoxy) is 1. The molecule has 1 atom stereocenters. The highest BCUT2D eigenvalue weighted by Gasteiger charge is 2.37. The predicted molar refractivity (Wildman–Crippen MR) is 87.6 cm³/mol. The summed E-state index contributed by atoms with van der Waals surface area (Å²) in [5.41, 5.74) is 0. The first-order valence-electron chi connectivity index (χ1n) is 8.50. The molecule has 2 heterocycles. The smallest absolute Gasteiger partial charge is 0.124 e. The van der Waals surface area contributed by atoms with Crippen LogP contribution in [-0.4, -0.2) is 92.0 Å². The molecular formula is C16H34N4O. The highest BCUT2D eigenvalue weighted by molar-refractivity contribution is 4.90. The van der Waals surface area contributed by atoms with E-state index in [9.17, 15) is 0 Å². The van der Waals surface area contributed by atoms with Crippen LogP contribution in [0.2, 0.25) is 0 Å². The molecule has 0 aromatic heterocycles. The second-order valence-electron chi connectivity index (χ2n) is 7.15. The zero-order valence-corrected chi connectivity index (χ0v) is 14.5. The van der Waals surface area contributed by atoms with Crippen molar-refractivity contribution >= 4 is 0 Å². The molecule has 2 rings (SSSR count). The Labute approximate surface area is 130 Å². The molecule has 0 bridgehead atoms. The molecule has 0 aliphatic carbocycles. The molecule has 2 aliphatic heterocycles. The molecule has 1 unspecified atom stereocenters. The fraction of sp³-hybridized carbons (Fsp3) is 1.00. The fourth-order valence-corrected chi connectivity index (χ4v) is 3.42. The van der Waals surface area contributed by atoms with Crippen LogP contribution in [0, 0.1) is 0 Å². The topological polar surface area (TPSA) is 31.0 Å². The summed E-state index contributed by atoms with van der Waals surface area (Å²) in [4.78, 5) is 7.51. The van der Waals surface area contributed by atoms with Crippen LogP contribution in [-0.2, 0) is 4.74 Å². The maximum atomic E-state index is 6.10. The van der Waals surface area contributed by atoms with Crippen molar-refractivity contribution in [1.82, 2.24) is 20.0 Å². The van der Waals surface area contributed by atoms with E-state index < -0.39 is 0 Å². The molecule has 2 fully saturated rings. The summed E-state index contributed by atoms with van der Waals surface area (Å²) in [6.45, 7) is 16.5. The Hall–Kier alpha value is -0.200. The van der Waals surface area contributed by atoms with Crippen LogP contribution in [0.5, 0.6) is 0 Å². The van der Waals surface area contributed by atoms with E-state index in [1.807, 2.05) is 0 Å². The molecule has 0 aromatic rings. The van der Waals surface area contributed by atoms with E-state index in [0.717, 1.165) is 32.8 Å². The second kappa shape index (κ2) is 7.88. The number of nitrogens with one attached hydrogen (secondary N) is 1. The normalized spacial score (nSPS) is 26.0. The quantitative estimate of drug-likeness (QED) is 0.746. The molecule has 0 amide bonds. The van der Waals surface area contributed by atoms with Crippen molar-refractivity contribution < 1.29 is 4.74 Å². The molecule has 0 saturated carbocycles. The lowest BCUT2D eigenvalue weighted by atomic mass is 10.1. The number of likely N-dealkylation sites (tertiary alicyclic amines) is 1. The van der Waals surface area contributed by atoms with E-state index >= 15 is 0 Å². The Morgan fingerprint density at radius 1 is 1.19 bits per heavy atom. The van der Waals surface area contributed by atoms with Gasteiger partial charge in [-0.1, -0.05) is 13.8 Å². The molecule has 21 heavy (non-hydrogen) atoms. The van der Waals surface area contributed by atoms with Crippen molar-refractivity contribution in [2.75, 3.05) is 52.9 Å². The zero-order valence-electron chi connectivity index (χ0n) is 14.5. The van der Waals surface area contributed by atoms with Gasteiger partial charge in [0.2, 0.25) is 0 Å². The minimum Gasteiger partial charge on any atom is -0.360 e. The van der Waals surface area contributed by atoms with E-state index in [1.54, 1.807) is 0 Å². The summed E-state index contributed by atoms with van der Waals surface area (Å²) in [6, 6.07) is 1.77. The van der Waals surface area contributed by atoms with E-state index in [0.29, 0.717) is 18.1 Å². The van der Waals surface area contributed by atoms with E-state index in [4.69, 9.17) is 4.74 Å². The van der Waals surface area contributed by atoms with E-state index in [1.165, 1.54) is 13.1 Å². The lowest BCUT2D eigenvalue weighted by Gasteiger charge is -2.50. The number of morpholine rings is 1. The molecule has 5 heteroatoms. The highest BCUT2D eigenvalue weighted by Crippen LogP contribution is 2.21. The minimum absolute atomic E-state index is 0.261. The largest absolute Gasteiger partial charge is 0.360 e. The number of nitrogens with zero attached hydrogens (tertiary/aromatic N) is 3. The van der Waals surface area contributed by atoms with Gasteiger partial charge in [0.25, 0.3) is 0 Å². The maximum Gasteiger partial charge on any atom is 0.124 e. The van der Waals surface area contributed by atoms with Crippen LogP contribution >= 0.6 is 0 Å². The highest BCUT2D eigenvalue weighted by atomic mass is 16.5. The van der Waals surface area contributed by atoms with Crippen LogP contribution in [0.25, 0.3) is 0 Å². The van der Waals surface area contributed by atoms with Crippen LogP contribution in [0.1, 0.15) is 27.7 Å². The van der Waals surface area contributed by atoms with Gasteiger partial charge in [-0.05, 0) is 20.9 Å². The first kappa shape index (κ1) is 17.2. The SMILES string of the molecule is CC(C)NCCN1CCOC(N(C(C)C)C2CN(C)C2)C1. The fourth-order valence-electron chi connectivity index (χ4n) is 3.42. The van der Waals surface area contributed by atoms with Crippen LogP contribution in [0.15, 0.2) is 0 Å². The number of rotatable bonds is 7. The van der Waals surface area contributed by atoms with Crippen molar-refractivity contribution in [3.05, 3.63) is 0 Å². The lowest BCUT2D eigenvalue weighted by molar-refractivity contribution is -0.154. The molecule has 5 nitrogen and oxygen atoms in total. The first-order chi connectivity index (χ1) is 9.97. The van der Waals surface area contributed by atoms with Gasteiger partial charge < -0.3 is 15.0 Å².